The Hall–Kier alpha value is -4.32. The summed E-state index contributed by atoms with van der Waals surface area (Å²) in [7, 11) is 0. The predicted molar refractivity (Wildman–Crippen MR) is 157 cm³/mol. The van der Waals surface area contributed by atoms with Gasteiger partial charge in [0.2, 0.25) is 0 Å². The van der Waals surface area contributed by atoms with Crippen molar-refractivity contribution in [3.05, 3.63) is 108 Å². The number of nitrogens with zero attached hydrogens (tertiary/aromatic N) is 6. The van der Waals surface area contributed by atoms with Crippen LogP contribution in [0.4, 0.5) is 34.1 Å². The van der Waals surface area contributed by atoms with Gasteiger partial charge in [-0.2, -0.15) is 20.5 Å². The Balaban J connectivity index is 1.12. The summed E-state index contributed by atoms with van der Waals surface area (Å²) in [5, 5.41) is 17.5. The fraction of sp³-hybridized carbons (Fsp3) is 0.250. The molecule has 0 aromatic heterocycles. The van der Waals surface area contributed by atoms with Crippen LogP contribution >= 0.6 is 0 Å². The summed E-state index contributed by atoms with van der Waals surface area (Å²) in [6.07, 6.45) is 2.06. The molecule has 0 amide bonds. The number of piperazine rings is 1. The number of hydrogen-bond acceptors (Lipinski definition) is 6. The van der Waals surface area contributed by atoms with Gasteiger partial charge >= 0.3 is 0 Å². The Bertz CT molecular complexity index is 1240. The third-order valence-electron chi connectivity index (χ3n) is 6.96. The van der Waals surface area contributed by atoms with E-state index in [9.17, 15) is 0 Å². The van der Waals surface area contributed by atoms with E-state index in [-0.39, 0.29) is 0 Å². The van der Waals surface area contributed by atoms with Crippen molar-refractivity contribution in [2.45, 2.75) is 26.7 Å². The van der Waals surface area contributed by atoms with E-state index in [2.05, 4.69) is 92.6 Å². The number of aryl methyl sites for hydroxylation is 2. The molecule has 0 saturated carbocycles. The molecule has 1 aliphatic rings. The smallest absolute Gasteiger partial charge is 0.0858 e. The van der Waals surface area contributed by atoms with E-state index in [4.69, 9.17) is 0 Å². The van der Waals surface area contributed by atoms with Crippen molar-refractivity contribution in [1.82, 2.24) is 0 Å². The summed E-state index contributed by atoms with van der Waals surface area (Å²) >= 11 is 0. The van der Waals surface area contributed by atoms with Gasteiger partial charge in [-0.3, -0.25) is 0 Å². The summed E-state index contributed by atoms with van der Waals surface area (Å²) < 4.78 is 0. The second-order valence-corrected chi connectivity index (χ2v) is 9.45. The standard InChI is InChI=1S/C32H34N6/c1-3-25-5-9-27(10-6-25)33-35-29-13-17-31(18-14-29)37-21-23-38(24-22-37)32-19-15-30(16-20-32)36-34-28-11-7-26(4-2)8-12-28/h5-20H,3-4,21-24H2,1-2H3. The van der Waals surface area contributed by atoms with E-state index < -0.39 is 0 Å². The van der Waals surface area contributed by atoms with Crippen molar-refractivity contribution < 1.29 is 0 Å². The molecule has 0 radical (unpaired) electrons. The fourth-order valence-corrected chi connectivity index (χ4v) is 4.51. The Morgan fingerprint density at radius 2 is 0.684 bits per heavy atom. The fourth-order valence-electron chi connectivity index (χ4n) is 4.51. The van der Waals surface area contributed by atoms with Gasteiger partial charge in [-0.1, -0.05) is 38.1 Å². The Morgan fingerprint density at radius 1 is 0.421 bits per heavy atom. The first-order chi connectivity index (χ1) is 18.7. The van der Waals surface area contributed by atoms with Crippen LogP contribution in [0.2, 0.25) is 0 Å². The minimum atomic E-state index is 0.863. The van der Waals surface area contributed by atoms with Crippen LogP contribution in [0.3, 0.4) is 0 Å². The zero-order chi connectivity index (χ0) is 26.2. The van der Waals surface area contributed by atoms with Gasteiger partial charge in [0.1, 0.15) is 0 Å². The van der Waals surface area contributed by atoms with E-state index in [0.29, 0.717) is 0 Å². The SMILES string of the molecule is CCc1ccc(N=Nc2ccc(N3CCN(c4ccc(N=Nc5ccc(CC)cc5)cc4)CC3)cc2)cc1. The summed E-state index contributed by atoms with van der Waals surface area (Å²) in [6, 6.07) is 33.2. The molecule has 1 aliphatic heterocycles. The molecule has 6 nitrogen and oxygen atoms in total. The van der Waals surface area contributed by atoms with Gasteiger partial charge in [0.25, 0.3) is 0 Å². The lowest BCUT2D eigenvalue weighted by Crippen LogP contribution is -2.46. The van der Waals surface area contributed by atoms with Crippen molar-refractivity contribution in [2.24, 2.45) is 20.5 Å². The highest BCUT2D eigenvalue weighted by Crippen LogP contribution is 2.26. The molecule has 0 aliphatic carbocycles. The lowest BCUT2D eigenvalue weighted by Gasteiger charge is -2.37. The molecule has 5 rings (SSSR count). The third-order valence-corrected chi connectivity index (χ3v) is 6.96. The monoisotopic (exact) mass is 502 g/mol. The highest BCUT2D eigenvalue weighted by atomic mass is 15.3. The summed E-state index contributed by atoms with van der Waals surface area (Å²) in [4.78, 5) is 4.85. The van der Waals surface area contributed by atoms with E-state index in [1.54, 1.807) is 0 Å². The molecule has 4 aromatic carbocycles. The van der Waals surface area contributed by atoms with Crippen molar-refractivity contribution in [1.29, 1.82) is 0 Å². The first-order valence-corrected chi connectivity index (χ1v) is 13.4. The second kappa shape index (κ2) is 12.3. The van der Waals surface area contributed by atoms with Crippen LogP contribution in [0.25, 0.3) is 0 Å². The molecule has 4 aromatic rings. The first-order valence-electron chi connectivity index (χ1n) is 13.4. The highest BCUT2D eigenvalue weighted by Gasteiger charge is 2.17. The summed E-state index contributed by atoms with van der Waals surface area (Å²) in [6.45, 7) is 8.19. The van der Waals surface area contributed by atoms with Gasteiger partial charge in [-0.25, -0.2) is 0 Å². The number of anilines is 2. The highest BCUT2D eigenvalue weighted by molar-refractivity contribution is 5.57. The van der Waals surface area contributed by atoms with Crippen LogP contribution in [0.5, 0.6) is 0 Å². The lowest BCUT2D eigenvalue weighted by atomic mass is 10.2. The zero-order valence-corrected chi connectivity index (χ0v) is 22.2. The second-order valence-electron chi connectivity index (χ2n) is 9.45. The minimum absolute atomic E-state index is 0.863. The largest absolute Gasteiger partial charge is 0.368 e. The molecule has 38 heavy (non-hydrogen) atoms. The molecule has 192 valence electrons. The van der Waals surface area contributed by atoms with Gasteiger partial charge < -0.3 is 9.80 Å². The normalized spacial score (nSPS) is 14.1. The average Bonchev–Trinajstić information content (AvgIpc) is 3.00. The summed E-state index contributed by atoms with van der Waals surface area (Å²) in [5.41, 5.74) is 8.53. The van der Waals surface area contributed by atoms with Crippen LogP contribution in [0, 0.1) is 0 Å². The van der Waals surface area contributed by atoms with Crippen molar-refractivity contribution in [3.8, 4) is 0 Å². The molecule has 1 fully saturated rings. The number of azo groups is 2. The first kappa shape index (κ1) is 25.3. The predicted octanol–water partition coefficient (Wildman–Crippen LogP) is 8.97. The van der Waals surface area contributed by atoms with Crippen LogP contribution in [0.1, 0.15) is 25.0 Å². The number of benzene rings is 4. The number of hydrogen-bond donors (Lipinski definition) is 0. The van der Waals surface area contributed by atoms with Crippen LogP contribution in [0.15, 0.2) is 118 Å². The summed E-state index contributed by atoms with van der Waals surface area (Å²) in [5.74, 6) is 0. The zero-order valence-electron chi connectivity index (χ0n) is 22.2. The third kappa shape index (κ3) is 6.51. The lowest BCUT2D eigenvalue weighted by molar-refractivity contribution is 0.653. The maximum Gasteiger partial charge on any atom is 0.0858 e. The Kier molecular flexibility index (Phi) is 8.19. The van der Waals surface area contributed by atoms with Gasteiger partial charge in [0.05, 0.1) is 22.7 Å². The molecule has 6 heteroatoms. The van der Waals surface area contributed by atoms with Crippen LogP contribution in [-0.4, -0.2) is 26.2 Å². The molecule has 1 saturated heterocycles. The average molecular weight is 503 g/mol. The van der Waals surface area contributed by atoms with Gasteiger partial charge in [-0.05, 0) is 96.8 Å². The molecular formula is C32H34N6. The van der Waals surface area contributed by atoms with E-state index >= 15 is 0 Å². The Labute approximate surface area is 225 Å². The van der Waals surface area contributed by atoms with E-state index in [0.717, 1.165) is 61.8 Å². The van der Waals surface area contributed by atoms with Crippen LogP contribution in [-0.2, 0) is 12.8 Å². The topological polar surface area (TPSA) is 55.9 Å². The van der Waals surface area contributed by atoms with Crippen molar-refractivity contribution >= 4 is 34.1 Å². The van der Waals surface area contributed by atoms with Gasteiger partial charge in [-0.15, -0.1) is 0 Å². The molecule has 0 N–H and O–H groups in total. The van der Waals surface area contributed by atoms with Gasteiger partial charge in [0, 0.05) is 37.6 Å². The quantitative estimate of drug-likeness (QED) is 0.226. The molecule has 0 unspecified atom stereocenters. The molecule has 0 spiro atoms. The maximum absolute atomic E-state index is 4.40. The molecule has 1 heterocycles. The van der Waals surface area contributed by atoms with E-state index in [1.807, 2.05) is 48.5 Å². The molecular weight excluding hydrogens is 468 g/mol. The van der Waals surface area contributed by atoms with Crippen LogP contribution < -0.4 is 9.80 Å². The number of rotatable bonds is 8. The molecule has 0 bridgehead atoms. The maximum atomic E-state index is 4.40. The van der Waals surface area contributed by atoms with Crippen molar-refractivity contribution in [3.63, 3.8) is 0 Å². The van der Waals surface area contributed by atoms with Crippen molar-refractivity contribution in [2.75, 3.05) is 36.0 Å². The minimum Gasteiger partial charge on any atom is -0.368 e. The Morgan fingerprint density at radius 3 is 0.947 bits per heavy atom. The molecule has 0 atom stereocenters. The van der Waals surface area contributed by atoms with Gasteiger partial charge in [0.15, 0.2) is 0 Å². The van der Waals surface area contributed by atoms with E-state index in [1.165, 1.54) is 22.5 Å².